The van der Waals surface area contributed by atoms with Crippen LogP contribution in [0.4, 0.5) is 14.5 Å². The molecule has 0 unspecified atom stereocenters. The van der Waals surface area contributed by atoms with Crippen molar-refractivity contribution in [1.29, 1.82) is 0 Å². The molecule has 7 rings (SSSR count). The summed E-state index contributed by atoms with van der Waals surface area (Å²) < 4.78 is 33.0. The number of benzene rings is 2. The van der Waals surface area contributed by atoms with Gasteiger partial charge in [0.25, 0.3) is 23.6 Å². The molecule has 3 aliphatic rings. The number of halogens is 2. The average Bonchev–Trinajstić information content (AvgIpc) is 3.73. The van der Waals surface area contributed by atoms with E-state index in [9.17, 15) is 23.2 Å². The molecule has 1 saturated heterocycles. The number of likely N-dealkylation sites (tertiary alicyclic amines) is 1. The fourth-order valence-electron chi connectivity index (χ4n) is 8.01. The van der Waals surface area contributed by atoms with Gasteiger partial charge < -0.3 is 25.0 Å². The molecule has 52 heavy (non-hydrogen) atoms. The van der Waals surface area contributed by atoms with Crippen molar-refractivity contribution in [2.75, 3.05) is 46.1 Å². The van der Waals surface area contributed by atoms with E-state index in [2.05, 4.69) is 32.6 Å². The summed E-state index contributed by atoms with van der Waals surface area (Å²) in [7, 11) is 5.51. The monoisotopic (exact) mass is 712 g/mol. The van der Waals surface area contributed by atoms with Crippen molar-refractivity contribution >= 4 is 23.4 Å². The fourth-order valence-corrected chi connectivity index (χ4v) is 8.01. The van der Waals surface area contributed by atoms with Gasteiger partial charge in [-0.1, -0.05) is 24.3 Å². The second-order valence-corrected chi connectivity index (χ2v) is 14.8. The quantitative estimate of drug-likeness (QED) is 0.245. The van der Waals surface area contributed by atoms with Crippen molar-refractivity contribution < 1.29 is 23.2 Å². The normalized spacial score (nSPS) is 18.4. The predicted molar refractivity (Wildman–Crippen MR) is 193 cm³/mol. The largest absolute Gasteiger partial charge is 0.347 e. The molecule has 2 aromatic heterocycles. The van der Waals surface area contributed by atoms with Crippen molar-refractivity contribution in [2.24, 2.45) is 0 Å². The van der Waals surface area contributed by atoms with Gasteiger partial charge in [0.05, 0.1) is 23.3 Å². The summed E-state index contributed by atoms with van der Waals surface area (Å²) >= 11 is 0. The Hall–Kier alpha value is -4.88. The average molecular weight is 713 g/mol. The number of carbonyl (C=O) groups excluding carboxylic acids is 3. The summed E-state index contributed by atoms with van der Waals surface area (Å²) in [5, 5.41) is 10.5. The first kappa shape index (κ1) is 35.5. The molecule has 0 radical (unpaired) electrons. The number of alkyl halides is 2. The van der Waals surface area contributed by atoms with E-state index in [1.807, 2.05) is 46.5 Å². The van der Waals surface area contributed by atoms with Crippen molar-refractivity contribution in [3.63, 3.8) is 0 Å². The van der Waals surface area contributed by atoms with Crippen LogP contribution in [0.15, 0.2) is 66.9 Å². The minimum atomic E-state index is -2.78. The Bertz CT molecular complexity index is 1950. The number of fused-ring (bicyclic) bond motifs is 2. The maximum Gasteiger partial charge on any atom is 0.268 e. The summed E-state index contributed by atoms with van der Waals surface area (Å²) in [5.41, 5.74) is 4.67. The Kier molecular flexibility index (Phi) is 9.51. The molecule has 1 spiro atoms. The van der Waals surface area contributed by atoms with Crippen LogP contribution in [0.25, 0.3) is 0 Å². The van der Waals surface area contributed by atoms with E-state index in [1.54, 1.807) is 50.6 Å². The van der Waals surface area contributed by atoms with E-state index >= 15 is 0 Å². The number of nitrogens with one attached hydrogen (secondary N) is 2. The van der Waals surface area contributed by atoms with Crippen LogP contribution in [0.3, 0.4) is 0 Å². The van der Waals surface area contributed by atoms with Crippen LogP contribution in [-0.2, 0) is 25.2 Å². The summed E-state index contributed by atoms with van der Waals surface area (Å²) in [6, 6.07) is 18.4. The van der Waals surface area contributed by atoms with E-state index in [1.165, 1.54) is 4.90 Å². The van der Waals surface area contributed by atoms with Gasteiger partial charge >= 0.3 is 0 Å². The van der Waals surface area contributed by atoms with Gasteiger partial charge in [-0.05, 0) is 87.4 Å². The maximum absolute atomic E-state index is 14.6. The van der Waals surface area contributed by atoms with Gasteiger partial charge in [0.2, 0.25) is 0 Å². The molecule has 4 heterocycles. The molecule has 2 N–H and O–H groups in total. The Balaban J connectivity index is 0.974. The zero-order chi connectivity index (χ0) is 36.8. The van der Waals surface area contributed by atoms with Crippen LogP contribution in [0.5, 0.6) is 0 Å². The third-order valence-electron chi connectivity index (χ3n) is 11.0. The lowest BCUT2D eigenvalue weighted by atomic mass is 9.68. The zero-order valence-electron chi connectivity index (χ0n) is 30.2. The Morgan fingerprint density at radius 2 is 1.56 bits per heavy atom. The minimum Gasteiger partial charge on any atom is -0.347 e. The topological polar surface area (TPSA) is 108 Å². The van der Waals surface area contributed by atoms with Gasteiger partial charge in [-0.25, -0.2) is 8.78 Å². The standard InChI is InChI=1S/C39H46F2N8O3/c1-26-32(22-43-49(26)31-15-17-46(4)18-16-31)35(50)44-30-11-7-27(8-12-30)21-42-36(51)33-13-14-34-38(24-39(40,41)25-38)47(19-20-48(33)34)23-28-5-9-29(10-6-28)37(52)45(2)3/h5-14,22,31H,15-21,23-25H2,1-4H3,(H,42,51)(H,44,50). The van der Waals surface area contributed by atoms with Crippen LogP contribution in [-0.4, -0.2) is 93.5 Å². The van der Waals surface area contributed by atoms with E-state index in [4.69, 9.17) is 0 Å². The number of carbonyl (C=O) groups is 3. The van der Waals surface area contributed by atoms with Crippen LogP contribution >= 0.6 is 0 Å². The van der Waals surface area contributed by atoms with Gasteiger partial charge in [-0.15, -0.1) is 0 Å². The third kappa shape index (κ3) is 6.86. The van der Waals surface area contributed by atoms with Crippen molar-refractivity contribution in [1.82, 2.24) is 34.4 Å². The molecule has 274 valence electrons. The summed E-state index contributed by atoms with van der Waals surface area (Å²) in [4.78, 5) is 44.8. The molecule has 0 bridgehead atoms. The van der Waals surface area contributed by atoms with Gasteiger partial charge in [-0.3, -0.25) is 24.0 Å². The van der Waals surface area contributed by atoms with E-state index in [0.717, 1.165) is 48.4 Å². The summed E-state index contributed by atoms with van der Waals surface area (Å²) in [6.45, 7) is 5.65. The highest BCUT2D eigenvalue weighted by atomic mass is 19.3. The lowest BCUT2D eigenvalue weighted by molar-refractivity contribution is -0.192. The molecule has 13 heteroatoms. The number of rotatable bonds is 9. The Morgan fingerprint density at radius 1 is 0.885 bits per heavy atom. The SMILES string of the molecule is Cc1c(C(=O)Nc2ccc(CNC(=O)c3ccc4n3CCN(Cc3ccc(C(=O)N(C)C)cc3)C43CC(F)(F)C3)cc2)cnn1C1CCN(C)CC1. The van der Waals surface area contributed by atoms with Crippen molar-refractivity contribution in [3.8, 4) is 0 Å². The van der Waals surface area contributed by atoms with Gasteiger partial charge in [0.1, 0.15) is 5.69 Å². The van der Waals surface area contributed by atoms with Crippen LogP contribution in [0.1, 0.15) is 85.4 Å². The molecule has 2 aliphatic heterocycles. The van der Waals surface area contributed by atoms with Crippen LogP contribution < -0.4 is 10.6 Å². The Labute approximate surface area is 302 Å². The van der Waals surface area contributed by atoms with Crippen LogP contribution in [0.2, 0.25) is 0 Å². The highest BCUT2D eigenvalue weighted by Gasteiger charge is 2.62. The molecular formula is C39H46F2N8O3. The van der Waals surface area contributed by atoms with E-state index in [0.29, 0.717) is 48.2 Å². The third-order valence-corrected chi connectivity index (χ3v) is 11.0. The number of hydrogen-bond acceptors (Lipinski definition) is 6. The zero-order valence-corrected chi connectivity index (χ0v) is 30.2. The Morgan fingerprint density at radius 3 is 2.21 bits per heavy atom. The van der Waals surface area contributed by atoms with Gasteiger partial charge in [0.15, 0.2) is 0 Å². The van der Waals surface area contributed by atoms with Gasteiger partial charge in [-0.2, -0.15) is 5.10 Å². The molecule has 1 aliphatic carbocycles. The summed E-state index contributed by atoms with van der Waals surface area (Å²) in [5.74, 6) is -3.38. The first-order valence-electron chi connectivity index (χ1n) is 17.9. The first-order chi connectivity index (χ1) is 24.8. The second-order valence-electron chi connectivity index (χ2n) is 14.8. The maximum atomic E-state index is 14.6. The number of amides is 3. The molecule has 1 saturated carbocycles. The van der Waals surface area contributed by atoms with E-state index in [-0.39, 0.29) is 37.1 Å². The fraction of sp³-hybridized carbons (Fsp3) is 0.436. The number of aromatic nitrogens is 3. The van der Waals surface area contributed by atoms with Crippen molar-refractivity contribution in [2.45, 2.75) is 69.7 Å². The molecular weight excluding hydrogens is 666 g/mol. The lowest BCUT2D eigenvalue weighted by Gasteiger charge is -2.56. The number of hydrogen-bond donors (Lipinski definition) is 2. The number of piperidine rings is 1. The van der Waals surface area contributed by atoms with E-state index < -0.39 is 11.5 Å². The predicted octanol–water partition coefficient (Wildman–Crippen LogP) is 5.28. The number of nitrogens with zero attached hydrogens (tertiary/aromatic N) is 6. The minimum absolute atomic E-state index is 0.0953. The molecule has 2 fully saturated rings. The molecule has 3 amide bonds. The van der Waals surface area contributed by atoms with Crippen LogP contribution in [0, 0.1) is 6.92 Å². The highest BCUT2D eigenvalue weighted by Crippen LogP contribution is 2.57. The smallest absolute Gasteiger partial charge is 0.268 e. The lowest BCUT2D eigenvalue weighted by Crippen LogP contribution is -2.63. The molecule has 0 atom stereocenters. The molecule has 11 nitrogen and oxygen atoms in total. The second kappa shape index (κ2) is 13.9. The highest BCUT2D eigenvalue weighted by molar-refractivity contribution is 6.05. The first-order valence-corrected chi connectivity index (χ1v) is 17.9. The molecule has 4 aromatic rings. The van der Waals surface area contributed by atoms with Crippen molar-refractivity contribution in [3.05, 3.63) is 106 Å². The number of anilines is 1. The summed E-state index contributed by atoms with van der Waals surface area (Å²) in [6.07, 6.45) is 3.01. The molecule has 2 aromatic carbocycles. The van der Waals surface area contributed by atoms with Gasteiger partial charge in [0, 0.05) is 75.8 Å².